The lowest BCUT2D eigenvalue weighted by atomic mass is 10.2. The summed E-state index contributed by atoms with van der Waals surface area (Å²) in [6, 6.07) is 10.1. The van der Waals surface area contributed by atoms with Gasteiger partial charge in [0.15, 0.2) is 0 Å². The smallest absolute Gasteiger partial charge is 0.266 e. The third-order valence-corrected chi connectivity index (χ3v) is 5.65. The summed E-state index contributed by atoms with van der Waals surface area (Å²) < 4.78 is 15.4. The SMILES string of the molecule is CC(Nc1ncnc(N)c1C#Cc1cnccn1)c1nc2ccc(F)cc2c(=O)n1-c1cccc(Cl)c1. The molecule has 0 radical (unpaired) electrons. The summed E-state index contributed by atoms with van der Waals surface area (Å²) in [5, 5.41) is 3.80. The molecular formula is C26H18ClFN8O. The minimum atomic E-state index is -0.576. The zero-order chi connectivity index (χ0) is 25.9. The van der Waals surface area contributed by atoms with Crippen molar-refractivity contribution in [2.75, 3.05) is 11.1 Å². The summed E-state index contributed by atoms with van der Waals surface area (Å²) >= 11 is 6.21. The molecule has 3 N–H and O–H groups in total. The van der Waals surface area contributed by atoms with E-state index in [1.807, 2.05) is 0 Å². The predicted octanol–water partition coefficient (Wildman–Crippen LogP) is 3.91. The molecule has 0 aliphatic carbocycles. The van der Waals surface area contributed by atoms with E-state index in [0.717, 1.165) is 0 Å². The van der Waals surface area contributed by atoms with Gasteiger partial charge in [-0.3, -0.25) is 14.3 Å². The number of fused-ring (bicyclic) bond motifs is 1. The third-order valence-electron chi connectivity index (χ3n) is 5.42. The van der Waals surface area contributed by atoms with Crippen LogP contribution >= 0.6 is 11.6 Å². The minimum absolute atomic E-state index is 0.137. The van der Waals surface area contributed by atoms with Crippen LogP contribution < -0.4 is 16.6 Å². The lowest BCUT2D eigenvalue weighted by Gasteiger charge is -2.21. The van der Waals surface area contributed by atoms with E-state index >= 15 is 0 Å². The molecule has 3 aromatic heterocycles. The number of aromatic nitrogens is 6. The summed E-state index contributed by atoms with van der Waals surface area (Å²) in [4.78, 5) is 34.7. The van der Waals surface area contributed by atoms with Crippen LogP contribution in [-0.2, 0) is 0 Å². The topological polar surface area (TPSA) is 124 Å². The highest BCUT2D eigenvalue weighted by Gasteiger charge is 2.20. The van der Waals surface area contributed by atoms with Crippen molar-refractivity contribution in [3.05, 3.63) is 106 Å². The van der Waals surface area contributed by atoms with Gasteiger partial charge in [0.25, 0.3) is 5.56 Å². The van der Waals surface area contributed by atoms with Crippen molar-refractivity contribution in [3.63, 3.8) is 0 Å². The molecule has 0 aliphatic heterocycles. The monoisotopic (exact) mass is 512 g/mol. The first-order valence-corrected chi connectivity index (χ1v) is 11.4. The van der Waals surface area contributed by atoms with Crippen LogP contribution in [0.4, 0.5) is 16.0 Å². The van der Waals surface area contributed by atoms with Crippen LogP contribution in [0.15, 0.2) is 72.2 Å². The molecule has 9 nitrogen and oxygen atoms in total. The van der Waals surface area contributed by atoms with Gasteiger partial charge in [-0.2, -0.15) is 0 Å². The van der Waals surface area contributed by atoms with Gasteiger partial charge in [-0.15, -0.1) is 0 Å². The van der Waals surface area contributed by atoms with Gasteiger partial charge in [0.05, 0.1) is 28.8 Å². The summed E-state index contributed by atoms with van der Waals surface area (Å²) in [6.45, 7) is 1.80. The van der Waals surface area contributed by atoms with Gasteiger partial charge in [0.1, 0.15) is 40.9 Å². The molecule has 5 aromatic rings. The molecule has 1 atom stereocenters. The quantitative estimate of drug-likeness (QED) is 0.347. The van der Waals surface area contributed by atoms with Crippen LogP contribution in [-0.4, -0.2) is 29.5 Å². The number of hydrogen-bond donors (Lipinski definition) is 2. The first kappa shape index (κ1) is 23.8. The van der Waals surface area contributed by atoms with E-state index < -0.39 is 17.4 Å². The first-order valence-electron chi connectivity index (χ1n) is 11.0. The van der Waals surface area contributed by atoms with E-state index in [4.69, 9.17) is 17.3 Å². The highest BCUT2D eigenvalue weighted by Crippen LogP contribution is 2.25. The molecule has 182 valence electrons. The summed E-state index contributed by atoms with van der Waals surface area (Å²) in [5.74, 6) is 6.14. The Morgan fingerprint density at radius 3 is 2.76 bits per heavy atom. The molecule has 3 heterocycles. The second-order valence-corrected chi connectivity index (χ2v) is 8.38. The number of rotatable bonds is 4. The number of halogens is 2. The van der Waals surface area contributed by atoms with Gasteiger partial charge >= 0.3 is 0 Å². The van der Waals surface area contributed by atoms with E-state index in [9.17, 15) is 9.18 Å². The van der Waals surface area contributed by atoms with Crippen LogP contribution in [0.3, 0.4) is 0 Å². The number of nitrogens with zero attached hydrogens (tertiary/aromatic N) is 6. The van der Waals surface area contributed by atoms with Crippen molar-refractivity contribution in [1.29, 1.82) is 0 Å². The Morgan fingerprint density at radius 1 is 1.11 bits per heavy atom. The van der Waals surface area contributed by atoms with E-state index in [2.05, 4.69) is 42.1 Å². The largest absolute Gasteiger partial charge is 0.382 e. The number of nitrogens with one attached hydrogen (secondary N) is 1. The fourth-order valence-electron chi connectivity index (χ4n) is 3.72. The van der Waals surface area contributed by atoms with Crippen molar-refractivity contribution in [1.82, 2.24) is 29.5 Å². The van der Waals surface area contributed by atoms with Crippen molar-refractivity contribution in [3.8, 4) is 17.5 Å². The maximum atomic E-state index is 14.0. The molecule has 0 saturated heterocycles. The Labute approximate surface area is 215 Å². The molecule has 0 amide bonds. The number of nitrogen functional groups attached to an aromatic ring is 1. The van der Waals surface area contributed by atoms with Gasteiger partial charge in [-0.1, -0.05) is 23.6 Å². The summed E-state index contributed by atoms with van der Waals surface area (Å²) in [6.07, 6.45) is 5.90. The zero-order valence-electron chi connectivity index (χ0n) is 19.4. The number of hydrogen-bond acceptors (Lipinski definition) is 8. The van der Waals surface area contributed by atoms with Crippen molar-refractivity contribution >= 4 is 34.1 Å². The lowest BCUT2D eigenvalue weighted by molar-refractivity contribution is 0.629. The maximum Gasteiger partial charge on any atom is 0.266 e. The molecule has 0 aliphatic rings. The Morgan fingerprint density at radius 2 is 1.97 bits per heavy atom. The average Bonchev–Trinajstić information content (AvgIpc) is 2.89. The van der Waals surface area contributed by atoms with E-state index in [0.29, 0.717) is 39.1 Å². The molecule has 0 bridgehead atoms. The van der Waals surface area contributed by atoms with E-state index in [-0.39, 0.29) is 11.2 Å². The van der Waals surface area contributed by atoms with Crippen LogP contribution in [0.25, 0.3) is 16.6 Å². The maximum absolute atomic E-state index is 14.0. The lowest BCUT2D eigenvalue weighted by Crippen LogP contribution is -2.27. The van der Waals surface area contributed by atoms with Crippen LogP contribution in [0.2, 0.25) is 5.02 Å². The molecule has 1 unspecified atom stereocenters. The third kappa shape index (κ3) is 4.94. The molecule has 0 saturated carbocycles. The van der Waals surface area contributed by atoms with Gasteiger partial charge in [-0.05, 0) is 49.2 Å². The van der Waals surface area contributed by atoms with Crippen molar-refractivity contribution in [2.24, 2.45) is 0 Å². The Kier molecular flexibility index (Phi) is 6.45. The van der Waals surface area contributed by atoms with Gasteiger partial charge in [0, 0.05) is 17.4 Å². The van der Waals surface area contributed by atoms with Crippen LogP contribution in [0.1, 0.15) is 30.0 Å². The summed E-state index contributed by atoms with van der Waals surface area (Å²) in [7, 11) is 0. The number of benzene rings is 2. The fourth-order valence-corrected chi connectivity index (χ4v) is 3.91. The molecule has 0 fully saturated rings. The van der Waals surface area contributed by atoms with Crippen molar-refractivity contribution < 1.29 is 4.39 Å². The molecule has 0 spiro atoms. The predicted molar refractivity (Wildman–Crippen MR) is 139 cm³/mol. The normalized spacial score (nSPS) is 11.5. The van der Waals surface area contributed by atoms with Gasteiger partial charge in [0.2, 0.25) is 0 Å². The Balaban J connectivity index is 1.63. The number of nitrogens with two attached hydrogens (primary N) is 1. The van der Waals surface area contributed by atoms with E-state index in [1.165, 1.54) is 41.5 Å². The Bertz CT molecular complexity index is 1750. The highest BCUT2D eigenvalue weighted by molar-refractivity contribution is 6.30. The first-order chi connectivity index (χ1) is 17.9. The molecule has 37 heavy (non-hydrogen) atoms. The molecule has 5 rings (SSSR count). The zero-order valence-corrected chi connectivity index (χ0v) is 20.1. The summed E-state index contributed by atoms with van der Waals surface area (Å²) in [5.41, 5.74) is 7.27. The van der Waals surface area contributed by atoms with E-state index in [1.54, 1.807) is 37.4 Å². The van der Waals surface area contributed by atoms with Crippen molar-refractivity contribution in [2.45, 2.75) is 13.0 Å². The van der Waals surface area contributed by atoms with Gasteiger partial charge < -0.3 is 11.1 Å². The molecule has 2 aromatic carbocycles. The Hall–Kier alpha value is -4.88. The standard InChI is InChI=1S/C26H18ClFN8O/c1-15(34-24-20(23(29)32-14-33-24)7-6-18-13-30-9-10-31-18)25-35-22-8-5-17(28)12-21(22)26(37)36(25)19-4-2-3-16(27)11-19/h2-5,8-15H,1H3,(H3,29,32,33,34). The fraction of sp³-hybridized carbons (Fsp3) is 0.0769. The highest BCUT2D eigenvalue weighted by atomic mass is 35.5. The molecule has 11 heteroatoms. The van der Waals surface area contributed by atoms with Crippen LogP contribution in [0.5, 0.6) is 0 Å². The molecular weight excluding hydrogens is 495 g/mol. The minimum Gasteiger partial charge on any atom is -0.382 e. The number of anilines is 2. The average molecular weight is 513 g/mol. The van der Waals surface area contributed by atoms with Gasteiger partial charge in [-0.25, -0.2) is 24.3 Å². The second-order valence-electron chi connectivity index (χ2n) is 7.94. The van der Waals surface area contributed by atoms with Crippen LogP contribution in [0, 0.1) is 17.7 Å². The second kappa shape index (κ2) is 10.0.